The van der Waals surface area contributed by atoms with E-state index in [2.05, 4.69) is 19.9 Å². The summed E-state index contributed by atoms with van der Waals surface area (Å²) in [6.07, 6.45) is 3.29. The highest BCUT2D eigenvalue weighted by Gasteiger charge is 2.12. The molecule has 0 N–H and O–H groups in total. The van der Waals surface area contributed by atoms with Gasteiger partial charge in [-0.25, -0.2) is 23.7 Å². The predicted octanol–water partition coefficient (Wildman–Crippen LogP) is 4.55. The van der Waals surface area contributed by atoms with E-state index in [1.165, 1.54) is 24.3 Å². The zero-order chi connectivity index (χ0) is 17.9. The van der Waals surface area contributed by atoms with Gasteiger partial charge >= 0.3 is 0 Å². The molecule has 0 aliphatic heterocycles. The van der Waals surface area contributed by atoms with E-state index in [0.717, 1.165) is 5.56 Å². The summed E-state index contributed by atoms with van der Waals surface area (Å²) in [5.41, 5.74) is 2.09. The van der Waals surface area contributed by atoms with E-state index in [1.54, 1.807) is 48.8 Å². The molecule has 126 valence electrons. The van der Waals surface area contributed by atoms with E-state index in [-0.39, 0.29) is 11.6 Å². The van der Waals surface area contributed by atoms with Crippen LogP contribution in [-0.4, -0.2) is 19.9 Å². The fourth-order valence-electron chi connectivity index (χ4n) is 2.46. The van der Waals surface area contributed by atoms with Gasteiger partial charge in [-0.1, -0.05) is 0 Å². The molecule has 4 nitrogen and oxygen atoms in total. The molecule has 0 saturated heterocycles. The Labute approximate surface area is 148 Å². The quantitative estimate of drug-likeness (QED) is 0.546. The Morgan fingerprint density at radius 1 is 0.462 bits per heavy atom. The van der Waals surface area contributed by atoms with Crippen LogP contribution in [-0.2, 0) is 0 Å². The molecule has 0 aliphatic rings. The van der Waals surface area contributed by atoms with Gasteiger partial charge in [0.05, 0.1) is 0 Å². The molecule has 6 heteroatoms. The molecule has 0 fully saturated rings. The van der Waals surface area contributed by atoms with E-state index in [1.807, 2.05) is 0 Å². The third-order valence-corrected chi connectivity index (χ3v) is 3.78. The highest BCUT2D eigenvalue weighted by molar-refractivity contribution is 5.66. The van der Waals surface area contributed by atoms with Gasteiger partial charge in [-0.05, 0) is 60.7 Å². The monoisotopic (exact) mass is 346 g/mol. The largest absolute Gasteiger partial charge is 0.265 e. The maximum Gasteiger partial charge on any atom is 0.164 e. The third kappa shape index (κ3) is 3.30. The molecular formula is C20H12F2N4. The molecular weight excluding hydrogens is 334 g/mol. The summed E-state index contributed by atoms with van der Waals surface area (Å²) in [5, 5.41) is 0. The van der Waals surface area contributed by atoms with Crippen LogP contribution in [0, 0.1) is 11.6 Å². The minimum Gasteiger partial charge on any atom is -0.265 e. The molecule has 0 unspecified atom stereocenters. The molecule has 4 rings (SSSR count). The summed E-state index contributed by atoms with van der Waals surface area (Å²) in [5.74, 6) is 0.602. The lowest BCUT2D eigenvalue weighted by Gasteiger charge is -2.08. The Bertz CT molecular complexity index is 970. The van der Waals surface area contributed by atoms with E-state index in [9.17, 15) is 8.78 Å². The lowest BCUT2D eigenvalue weighted by atomic mass is 10.1. The zero-order valence-corrected chi connectivity index (χ0v) is 13.5. The first kappa shape index (κ1) is 16.0. The van der Waals surface area contributed by atoms with E-state index in [0.29, 0.717) is 28.6 Å². The molecule has 0 spiro atoms. The van der Waals surface area contributed by atoms with E-state index < -0.39 is 0 Å². The molecule has 0 aliphatic carbocycles. The summed E-state index contributed by atoms with van der Waals surface area (Å²) in [7, 11) is 0. The molecule has 0 radical (unpaired) electrons. The Morgan fingerprint density at radius 2 is 0.808 bits per heavy atom. The number of aromatic nitrogens is 4. The minimum absolute atomic E-state index is 0.337. The fourth-order valence-corrected chi connectivity index (χ4v) is 2.46. The zero-order valence-electron chi connectivity index (χ0n) is 13.5. The first-order chi connectivity index (χ1) is 12.7. The van der Waals surface area contributed by atoms with Crippen molar-refractivity contribution in [2.45, 2.75) is 0 Å². The van der Waals surface area contributed by atoms with Crippen LogP contribution in [0.15, 0.2) is 73.1 Å². The van der Waals surface area contributed by atoms with Crippen LogP contribution >= 0.6 is 0 Å². The Kier molecular flexibility index (Phi) is 4.15. The standard InChI is InChI=1S/C20H12F2N4/c21-16-5-1-13(2-6-16)18-24-19(14-3-7-17(22)8-4-14)26-20(25-18)15-9-11-23-12-10-15/h1-12H. The lowest BCUT2D eigenvalue weighted by Crippen LogP contribution is -2.00. The second-order valence-corrected chi connectivity index (χ2v) is 5.56. The Hall–Kier alpha value is -3.54. The maximum absolute atomic E-state index is 13.2. The summed E-state index contributed by atoms with van der Waals surface area (Å²) in [6, 6.07) is 15.4. The van der Waals surface area contributed by atoms with Gasteiger partial charge in [0.2, 0.25) is 0 Å². The molecule has 26 heavy (non-hydrogen) atoms. The van der Waals surface area contributed by atoms with Gasteiger partial charge < -0.3 is 0 Å². The smallest absolute Gasteiger partial charge is 0.164 e. The van der Waals surface area contributed by atoms with Crippen LogP contribution < -0.4 is 0 Å². The van der Waals surface area contributed by atoms with Crippen LogP contribution in [0.2, 0.25) is 0 Å². The van der Waals surface area contributed by atoms with Gasteiger partial charge in [0, 0.05) is 29.1 Å². The third-order valence-electron chi connectivity index (χ3n) is 3.78. The number of nitrogens with zero attached hydrogens (tertiary/aromatic N) is 4. The first-order valence-corrected chi connectivity index (χ1v) is 7.87. The molecule has 0 atom stereocenters. The summed E-state index contributed by atoms with van der Waals surface area (Å²) >= 11 is 0. The highest BCUT2D eigenvalue weighted by atomic mass is 19.1. The minimum atomic E-state index is -0.337. The van der Waals surface area contributed by atoms with E-state index >= 15 is 0 Å². The van der Waals surface area contributed by atoms with Crippen LogP contribution in [0.4, 0.5) is 8.78 Å². The van der Waals surface area contributed by atoms with Gasteiger partial charge in [-0.15, -0.1) is 0 Å². The van der Waals surface area contributed by atoms with Crippen LogP contribution in [0.1, 0.15) is 0 Å². The van der Waals surface area contributed by atoms with Crippen molar-refractivity contribution in [3.05, 3.63) is 84.7 Å². The summed E-state index contributed by atoms with van der Waals surface area (Å²) in [6.45, 7) is 0. The predicted molar refractivity (Wildman–Crippen MR) is 93.8 cm³/mol. The number of rotatable bonds is 3. The van der Waals surface area contributed by atoms with Gasteiger partial charge in [0.25, 0.3) is 0 Å². The van der Waals surface area contributed by atoms with Crippen LogP contribution in [0.5, 0.6) is 0 Å². The molecule has 0 bridgehead atoms. The Balaban J connectivity index is 1.89. The van der Waals surface area contributed by atoms with Gasteiger partial charge in [0.15, 0.2) is 17.5 Å². The summed E-state index contributed by atoms with van der Waals surface area (Å²) < 4.78 is 26.5. The molecule has 4 aromatic rings. The number of hydrogen-bond acceptors (Lipinski definition) is 4. The molecule has 2 aromatic heterocycles. The molecule has 2 heterocycles. The van der Waals surface area contributed by atoms with Crippen molar-refractivity contribution in [3.63, 3.8) is 0 Å². The fraction of sp³-hybridized carbons (Fsp3) is 0. The van der Waals surface area contributed by atoms with Gasteiger partial charge in [-0.2, -0.15) is 0 Å². The SMILES string of the molecule is Fc1ccc(-c2nc(-c3ccncc3)nc(-c3ccc(F)cc3)n2)cc1. The van der Waals surface area contributed by atoms with E-state index in [4.69, 9.17) is 0 Å². The maximum atomic E-state index is 13.2. The van der Waals surface area contributed by atoms with Crippen molar-refractivity contribution >= 4 is 0 Å². The van der Waals surface area contributed by atoms with Crippen molar-refractivity contribution in [3.8, 4) is 34.2 Å². The van der Waals surface area contributed by atoms with Crippen molar-refractivity contribution < 1.29 is 8.78 Å². The van der Waals surface area contributed by atoms with Crippen molar-refractivity contribution in [1.29, 1.82) is 0 Å². The molecule has 2 aromatic carbocycles. The van der Waals surface area contributed by atoms with Gasteiger partial charge in [0.1, 0.15) is 11.6 Å². The van der Waals surface area contributed by atoms with Crippen LogP contribution in [0.25, 0.3) is 34.2 Å². The van der Waals surface area contributed by atoms with Crippen molar-refractivity contribution in [1.82, 2.24) is 19.9 Å². The van der Waals surface area contributed by atoms with Crippen molar-refractivity contribution in [2.24, 2.45) is 0 Å². The highest BCUT2D eigenvalue weighted by Crippen LogP contribution is 2.24. The average Bonchev–Trinajstić information content (AvgIpc) is 2.69. The topological polar surface area (TPSA) is 51.6 Å². The van der Waals surface area contributed by atoms with Gasteiger partial charge in [-0.3, -0.25) is 4.98 Å². The second-order valence-electron chi connectivity index (χ2n) is 5.56. The average molecular weight is 346 g/mol. The molecule has 0 saturated carbocycles. The number of halogens is 2. The number of hydrogen-bond donors (Lipinski definition) is 0. The normalized spacial score (nSPS) is 10.7. The van der Waals surface area contributed by atoms with Crippen molar-refractivity contribution in [2.75, 3.05) is 0 Å². The molecule has 0 amide bonds. The van der Waals surface area contributed by atoms with Crippen LogP contribution in [0.3, 0.4) is 0 Å². The number of pyridine rings is 1. The lowest BCUT2D eigenvalue weighted by molar-refractivity contribution is 0.627. The summed E-state index contributed by atoms with van der Waals surface area (Å²) in [4.78, 5) is 17.5. The number of benzene rings is 2. The first-order valence-electron chi connectivity index (χ1n) is 7.87. The second kappa shape index (κ2) is 6.76. The Morgan fingerprint density at radius 3 is 1.19 bits per heavy atom.